The van der Waals surface area contributed by atoms with E-state index in [0.29, 0.717) is 37.6 Å². The van der Waals surface area contributed by atoms with Crippen LogP contribution in [-0.2, 0) is 4.79 Å². The van der Waals surface area contributed by atoms with Gasteiger partial charge in [0.05, 0.1) is 22.8 Å². The molecule has 0 fully saturated rings. The smallest absolute Gasteiger partial charge is 0.268 e. The second-order valence-electron chi connectivity index (χ2n) is 7.20. The Hall–Kier alpha value is -3.42. The Bertz CT molecular complexity index is 1120. The maximum atomic E-state index is 12.4. The third kappa shape index (κ3) is 2.69. The first-order chi connectivity index (χ1) is 13.6. The normalized spacial score (nSPS) is 19.0. The number of para-hydroxylation sites is 1. The molecule has 28 heavy (non-hydrogen) atoms. The van der Waals surface area contributed by atoms with Crippen LogP contribution in [0.3, 0.4) is 0 Å². The van der Waals surface area contributed by atoms with Crippen molar-refractivity contribution in [3.05, 3.63) is 41.9 Å². The van der Waals surface area contributed by atoms with Gasteiger partial charge < -0.3 is 20.5 Å². The number of benzene rings is 1. The lowest BCUT2D eigenvalue weighted by Gasteiger charge is -2.26. The lowest BCUT2D eigenvalue weighted by atomic mass is 10.1. The Morgan fingerprint density at radius 1 is 1.11 bits per heavy atom. The molecule has 142 valence electrons. The van der Waals surface area contributed by atoms with Gasteiger partial charge in [-0.1, -0.05) is 12.1 Å². The second-order valence-corrected chi connectivity index (χ2v) is 7.20. The molecule has 8 heteroatoms. The number of hydrogen-bond donors (Lipinski definition) is 3. The summed E-state index contributed by atoms with van der Waals surface area (Å²) in [5.41, 5.74) is 4.78. The first-order valence-corrected chi connectivity index (χ1v) is 9.38. The van der Waals surface area contributed by atoms with E-state index in [-0.39, 0.29) is 17.9 Å². The minimum atomic E-state index is -0.128. The van der Waals surface area contributed by atoms with Crippen LogP contribution in [0.2, 0.25) is 0 Å². The molecule has 1 unspecified atom stereocenters. The molecule has 5 rings (SSSR count). The van der Waals surface area contributed by atoms with Gasteiger partial charge in [-0.3, -0.25) is 9.59 Å². The van der Waals surface area contributed by atoms with E-state index < -0.39 is 0 Å². The predicted molar refractivity (Wildman–Crippen MR) is 105 cm³/mol. The number of nitrogens with zero attached hydrogens (tertiary/aromatic N) is 3. The van der Waals surface area contributed by atoms with Crippen LogP contribution in [0, 0.1) is 6.92 Å². The molecule has 1 aromatic carbocycles. The fourth-order valence-electron chi connectivity index (χ4n) is 3.92. The Balaban J connectivity index is 1.74. The third-order valence-electron chi connectivity index (χ3n) is 5.31. The summed E-state index contributed by atoms with van der Waals surface area (Å²) in [4.78, 5) is 34.2. The maximum absolute atomic E-state index is 12.4. The second kappa shape index (κ2) is 6.33. The zero-order chi connectivity index (χ0) is 19.3. The van der Waals surface area contributed by atoms with Gasteiger partial charge in [-0.2, -0.15) is 0 Å². The molecule has 0 aliphatic carbocycles. The molecule has 3 aromatic rings. The molecule has 2 aliphatic rings. The number of fused-ring (bicyclic) bond motifs is 3. The quantitative estimate of drug-likeness (QED) is 0.554. The van der Waals surface area contributed by atoms with Gasteiger partial charge in [-0.25, -0.2) is 9.97 Å². The van der Waals surface area contributed by atoms with E-state index in [0.717, 1.165) is 27.9 Å². The van der Waals surface area contributed by atoms with Gasteiger partial charge in [-0.05, 0) is 19.1 Å². The van der Waals surface area contributed by atoms with Crippen LogP contribution in [-0.4, -0.2) is 46.0 Å². The number of nitrogens with one attached hydrogen (secondary N) is 3. The number of carbonyl (C=O) groups excluding carboxylic acids is 2. The van der Waals surface area contributed by atoms with Crippen molar-refractivity contribution in [2.75, 3.05) is 25.0 Å². The lowest BCUT2D eigenvalue weighted by Crippen LogP contribution is -2.41. The van der Waals surface area contributed by atoms with E-state index in [1.165, 1.54) is 0 Å². The van der Waals surface area contributed by atoms with Crippen molar-refractivity contribution in [1.29, 1.82) is 0 Å². The molecule has 0 spiro atoms. The molecule has 0 radical (unpaired) electrons. The zero-order valence-corrected chi connectivity index (χ0v) is 15.5. The number of amides is 2. The van der Waals surface area contributed by atoms with Crippen molar-refractivity contribution < 1.29 is 9.59 Å². The van der Waals surface area contributed by atoms with Gasteiger partial charge in [-0.15, -0.1) is 0 Å². The summed E-state index contributed by atoms with van der Waals surface area (Å²) in [5, 5.41) is 9.09. The summed E-state index contributed by atoms with van der Waals surface area (Å²) in [6.45, 7) is 3.40. The van der Waals surface area contributed by atoms with Crippen molar-refractivity contribution in [3.63, 3.8) is 0 Å². The summed E-state index contributed by atoms with van der Waals surface area (Å²) in [6, 6.07) is 7.63. The average molecular weight is 376 g/mol. The van der Waals surface area contributed by atoms with Crippen LogP contribution in [0.1, 0.15) is 28.6 Å². The number of carbonyl (C=O) groups is 2. The van der Waals surface area contributed by atoms with Gasteiger partial charge in [0, 0.05) is 43.4 Å². The lowest BCUT2D eigenvalue weighted by molar-refractivity contribution is -0.121. The molecule has 4 bridgehead atoms. The predicted octanol–water partition coefficient (Wildman–Crippen LogP) is 1.62. The Kier molecular flexibility index (Phi) is 3.78. The summed E-state index contributed by atoms with van der Waals surface area (Å²) >= 11 is 0. The molecular formula is C20H20N6O2. The molecule has 0 saturated heterocycles. The first-order valence-electron chi connectivity index (χ1n) is 9.38. The molecule has 2 amide bonds. The van der Waals surface area contributed by atoms with Crippen LogP contribution in [0.25, 0.3) is 22.2 Å². The highest BCUT2D eigenvalue weighted by Crippen LogP contribution is 2.32. The van der Waals surface area contributed by atoms with E-state index in [1.54, 1.807) is 0 Å². The Morgan fingerprint density at radius 3 is 2.86 bits per heavy atom. The summed E-state index contributed by atoms with van der Waals surface area (Å²) < 4.78 is 1.92. The molecule has 2 aliphatic heterocycles. The maximum Gasteiger partial charge on any atom is 0.268 e. The summed E-state index contributed by atoms with van der Waals surface area (Å²) in [7, 11) is 0. The van der Waals surface area contributed by atoms with Gasteiger partial charge in [0.2, 0.25) is 5.91 Å². The minimum absolute atomic E-state index is 0.0418. The highest BCUT2D eigenvalue weighted by molar-refractivity contribution is 5.98. The Morgan fingerprint density at radius 2 is 1.96 bits per heavy atom. The number of anilines is 1. The molecule has 8 nitrogen and oxygen atoms in total. The molecule has 0 saturated carbocycles. The molecule has 4 heterocycles. The van der Waals surface area contributed by atoms with Crippen molar-refractivity contribution in [2.24, 2.45) is 0 Å². The monoisotopic (exact) mass is 376 g/mol. The van der Waals surface area contributed by atoms with Gasteiger partial charge in [0.25, 0.3) is 5.91 Å². The van der Waals surface area contributed by atoms with Crippen LogP contribution < -0.4 is 16.0 Å². The average Bonchev–Trinajstić information content (AvgIpc) is 3.13. The number of aromatic nitrogens is 3. The molecule has 1 atom stereocenters. The van der Waals surface area contributed by atoms with Crippen molar-refractivity contribution in [3.8, 4) is 11.1 Å². The van der Waals surface area contributed by atoms with Crippen LogP contribution >= 0.6 is 0 Å². The minimum Gasteiger partial charge on any atom is -0.367 e. The van der Waals surface area contributed by atoms with Crippen LogP contribution in [0.15, 0.2) is 30.5 Å². The zero-order valence-electron chi connectivity index (χ0n) is 15.5. The molecular weight excluding hydrogens is 356 g/mol. The van der Waals surface area contributed by atoms with Gasteiger partial charge in [0.1, 0.15) is 11.5 Å². The first kappa shape index (κ1) is 16.7. The van der Waals surface area contributed by atoms with Crippen molar-refractivity contribution in [1.82, 2.24) is 25.2 Å². The number of hydrogen-bond acceptors (Lipinski definition) is 5. The van der Waals surface area contributed by atoms with Crippen molar-refractivity contribution >= 4 is 28.7 Å². The van der Waals surface area contributed by atoms with E-state index in [9.17, 15) is 9.59 Å². The van der Waals surface area contributed by atoms with E-state index in [1.807, 2.05) is 42.0 Å². The third-order valence-corrected chi connectivity index (χ3v) is 5.31. The largest absolute Gasteiger partial charge is 0.367 e. The highest BCUT2D eigenvalue weighted by atomic mass is 16.2. The standard InChI is InChI=1S/C20H20N6O2/c1-11-19-22-6-5-21-17(27)8-13-9-23-20(28)16-7-12(10-26(13)16)14-3-2-4-15(24-11)18(14)25-19/h2-4,7,10,13H,5-6,8-9H2,1H3,(H,21,27)(H,22,25)(H,23,28). The number of rotatable bonds is 0. The van der Waals surface area contributed by atoms with Crippen molar-refractivity contribution in [2.45, 2.75) is 19.4 Å². The van der Waals surface area contributed by atoms with Crippen LogP contribution in [0.4, 0.5) is 5.82 Å². The fourth-order valence-corrected chi connectivity index (χ4v) is 3.92. The fraction of sp³-hybridized carbons (Fsp3) is 0.300. The van der Waals surface area contributed by atoms with Gasteiger partial charge >= 0.3 is 0 Å². The topological polar surface area (TPSA) is 101 Å². The molecule has 2 aromatic heterocycles. The summed E-state index contributed by atoms with van der Waals surface area (Å²) in [6.07, 6.45) is 2.26. The SMILES string of the molecule is Cc1nc2cccc3c2nc1NCCNC(=O)CC1CNC(=O)c2cc-3cn21. The molecule has 3 N–H and O–H groups in total. The van der Waals surface area contributed by atoms with Crippen LogP contribution in [0.5, 0.6) is 0 Å². The summed E-state index contributed by atoms with van der Waals surface area (Å²) in [5.74, 6) is 0.530. The van der Waals surface area contributed by atoms with E-state index in [4.69, 9.17) is 4.98 Å². The number of aryl methyl sites for hydroxylation is 1. The van der Waals surface area contributed by atoms with E-state index in [2.05, 4.69) is 20.9 Å². The van der Waals surface area contributed by atoms with E-state index >= 15 is 0 Å². The highest BCUT2D eigenvalue weighted by Gasteiger charge is 2.28. The van der Waals surface area contributed by atoms with Gasteiger partial charge in [0.15, 0.2) is 0 Å². The Labute approximate surface area is 161 Å².